The van der Waals surface area contributed by atoms with E-state index in [9.17, 15) is 4.79 Å². The molecule has 2 aromatic carbocycles. The highest BCUT2D eigenvalue weighted by Crippen LogP contribution is 2.40. The Morgan fingerprint density at radius 2 is 2.03 bits per heavy atom. The molecule has 1 aromatic heterocycles. The van der Waals surface area contributed by atoms with Crippen LogP contribution >= 0.6 is 22.9 Å². The van der Waals surface area contributed by atoms with Crippen LogP contribution in [0.3, 0.4) is 0 Å². The summed E-state index contributed by atoms with van der Waals surface area (Å²) in [6.07, 6.45) is 4.74. The van der Waals surface area contributed by atoms with Gasteiger partial charge in [-0.3, -0.25) is 4.79 Å². The number of anilines is 2. The molecule has 1 N–H and O–H groups in total. The molecule has 0 radical (unpaired) electrons. The van der Waals surface area contributed by atoms with Gasteiger partial charge in [-0.05, 0) is 43.5 Å². The third-order valence-corrected chi connectivity index (χ3v) is 7.07. The van der Waals surface area contributed by atoms with Crippen LogP contribution in [0.2, 0.25) is 5.02 Å². The molecule has 3 aromatic rings. The highest BCUT2D eigenvalue weighted by Gasteiger charge is 2.19. The van der Waals surface area contributed by atoms with Gasteiger partial charge in [0.2, 0.25) is 11.0 Å². The van der Waals surface area contributed by atoms with Crippen molar-refractivity contribution in [3.63, 3.8) is 0 Å². The molecular formula is C26H34ClN5O2S. The van der Waals surface area contributed by atoms with E-state index in [1.54, 1.807) is 13.2 Å². The fourth-order valence-corrected chi connectivity index (χ4v) is 5.06. The van der Waals surface area contributed by atoms with Gasteiger partial charge in [0.1, 0.15) is 11.4 Å². The van der Waals surface area contributed by atoms with E-state index in [1.807, 2.05) is 24.3 Å². The second-order valence-corrected chi connectivity index (χ2v) is 9.93. The van der Waals surface area contributed by atoms with Crippen LogP contribution in [-0.4, -0.2) is 31.1 Å². The van der Waals surface area contributed by atoms with Gasteiger partial charge in [-0.1, -0.05) is 56.0 Å². The van der Waals surface area contributed by atoms with Crippen molar-refractivity contribution in [1.82, 2.24) is 4.98 Å². The second-order valence-electron chi connectivity index (χ2n) is 8.49. The van der Waals surface area contributed by atoms with Crippen molar-refractivity contribution in [3.8, 4) is 5.75 Å². The first-order valence-electron chi connectivity index (χ1n) is 12.1. The Balaban J connectivity index is 1.96. The molecule has 0 aliphatic rings. The van der Waals surface area contributed by atoms with Crippen LogP contribution in [0.1, 0.15) is 53.4 Å². The summed E-state index contributed by atoms with van der Waals surface area (Å²) in [6, 6.07) is 9.27. The smallest absolute Gasteiger partial charge is 0.231 e. The number of carbonyl (C=O) groups excluding carboxylic acids is 1. The molecule has 1 amide bonds. The van der Waals surface area contributed by atoms with E-state index in [0.717, 1.165) is 35.4 Å². The maximum atomic E-state index is 12.0. The molecule has 188 valence electrons. The summed E-state index contributed by atoms with van der Waals surface area (Å²) in [5.74, 6) is 1.11. The number of rotatable bonds is 12. The lowest BCUT2D eigenvalue weighted by molar-refractivity contribution is -0.114. The number of nitrogens with one attached hydrogen (secondary N) is 1. The van der Waals surface area contributed by atoms with Gasteiger partial charge in [0.15, 0.2) is 0 Å². The minimum Gasteiger partial charge on any atom is -0.494 e. The fraction of sp³-hybridized carbons (Fsp3) is 0.462. The standard InChI is InChI=1S/C26H34ClN5O2S/c1-6-9-10-18(7-2)16-32(8-3)23-14-21(28-17(4)33)22(15-24(23)34-5)30-31-26-29-20-12-11-19(27)13-25(20)35-26/h11-15,18H,6-10,16H2,1-5H3,(H,28,33)/b31-30+. The number of unbranched alkanes of at least 4 members (excludes halogenated alkanes) is 1. The number of fused-ring (bicyclic) bond motifs is 1. The van der Waals surface area contributed by atoms with Crippen molar-refractivity contribution in [2.75, 3.05) is 30.4 Å². The van der Waals surface area contributed by atoms with Crippen molar-refractivity contribution >= 4 is 61.3 Å². The first kappa shape index (κ1) is 26.9. The summed E-state index contributed by atoms with van der Waals surface area (Å²) in [4.78, 5) is 18.8. The number of amides is 1. The highest BCUT2D eigenvalue weighted by molar-refractivity contribution is 7.21. The Morgan fingerprint density at radius 1 is 1.23 bits per heavy atom. The van der Waals surface area contributed by atoms with Gasteiger partial charge in [0.25, 0.3) is 0 Å². The summed E-state index contributed by atoms with van der Waals surface area (Å²) in [6.45, 7) is 9.84. The van der Waals surface area contributed by atoms with E-state index < -0.39 is 0 Å². The van der Waals surface area contributed by atoms with Crippen molar-refractivity contribution < 1.29 is 9.53 Å². The van der Waals surface area contributed by atoms with Crippen LogP contribution in [0.25, 0.3) is 10.2 Å². The largest absolute Gasteiger partial charge is 0.494 e. The fourth-order valence-electron chi connectivity index (χ4n) is 3.99. The van der Waals surface area contributed by atoms with E-state index in [2.05, 4.69) is 46.2 Å². The second kappa shape index (κ2) is 12.8. The lowest BCUT2D eigenvalue weighted by atomic mass is 9.98. The number of benzene rings is 2. The average Bonchev–Trinajstić information content (AvgIpc) is 3.25. The summed E-state index contributed by atoms with van der Waals surface area (Å²) in [7, 11) is 1.65. The van der Waals surface area contributed by atoms with Gasteiger partial charge in [-0.25, -0.2) is 4.98 Å². The van der Waals surface area contributed by atoms with E-state index in [1.165, 1.54) is 37.5 Å². The molecule has 1 atom stereocenters. The molecule has 0 bridgehead atoms. The first-order valence-corrected chi connectivity index (χ1v) is 13.3. The van der Waals surface area contributed by atoms with Crippen molar-refractivity contribution in [2.45, 2.75) is 53.4 Å². The molecule has 0 saturated carbocycles. The summed E-state index contributed by atoms with van der Waals surface area (Å²) < 4.78 is 6.69. The van der Waals surface area contributed by atoms with Crippen LogP contribution in [0, 0.1) is 5.92 Å². The molecule has 3 rings (SSSR count). The quantitative estimate of drug-likeness (QED) is 0.246. The van der Waals surface area contributed by atoms with Crippen molar-refractivity contribution in [1.29, 1.82) is 0 Å². The third-order valence-electron chi connectivity index (χ3n) is 5.93. The molecule has 7 nitrogen and oxygen atoms in total. The van der Waals surface area contributed by atoms with E-state index >= 15 is 0 Å². The molecule has 0 aliphatic heterocycles. The normalized spacial score (nSPS) is 12.3. The van der Waals surface area contributed by atoms with Crippen LogP contribution < -0.4 is 15.0 Å². The van der Waals surface area contributed by atoms with Crippen LogP contribution in [-0.2, 0) is 4.79 Å². The summed E-state index contributed by atoms with van der Waals surface area (Å²) in [5, 5.41) is 12.8. The van der Waals surface area contributed by atoms with E-state index in [4.69, 9.17) is 16.3 Å². The number of nitrogens with zero attached hydrogens (tertiary/aromatic N) is 4. The lowest BCUT2D eigenvalue weighted by Crippen LogP contribution is -2.29. The number of hydrogen-bond acceptors (Lipinski definition) is 7. The molecule has 9 heteroatoms. The molecule has 0 aliphatic carbocycles. The van der Waals surface area contributed by atoms with Gasteiger partial charge in [0.05, 0.1) is 28.7 Å². The SMILES string of the molecule is CCCCC(CC)CN(CC)c1cc(NC(C)=O)c(/N=N/c2nc3ccc(Cl)cc3s2)cc1OC. The highest BCUT2D eigenvalue weighted by atomic mass is 35.5. The minimum atomic E-state index is -0.176. The number of hydrogen-bond donors (Lipinski definition) is 1. The van der Waals surface area contributed by atoms with Crippen molar-refractivity contribution in [3.05, 3.63) is 35.4 Å². The zero-order chi connectivity index (χ0) is 25.4. The number of carbonyl (C=O) groups is 1. The minimum absolute atomic E-state index is 0.176. The molecule has 0 fully saturated rings. The van der Waals surface area contributed by atoms with Gasteiger partial charge < -0.3 is 15.0 Å². The number of azo groups is 1. The maximum absolute atomic E-state index is 12.0. The van der Waals surface area contributed by atoms with Gasteiger partial charge in [-0.2, -0.15) is 0 Å². The number of thiazole rings is 1. The Labute approximate surface area is 216 Å². The van der Waals surface area contributed by atoms with Crippen LogP contribution in [0.5, 0.6) is 5.75 Å². The first-order chi connectivity index (χ1) is 16.9. The number of methoxy groups -OCH3 is 1. The number of aromatic nitrogens is 1. The number of ether oxygens (including phenoxy) is 1. The number of halogens is 1. The molecule has 0 saturated heterocycles. The zero-order valence-corrected chi connectivity index (χ0v) is 22.7. The molecular weight excluding hydrogens is 482 g/mol. The maximum Gasteiger partial charge on any atom is 0.231 e. The molecule has 1 unspecified atom stereocenters. The van der Waals surface area contributed by atoms with E-state index in [-0.39, 0.29) is 5.91 Å². The van der Waals surface area contributed by atoms with Crippen LogP contribution in [0.15, 0.2) is 40.6 Å². The van der Waals surface area contributed by atoms with E-state index in [0.29, 0.717) is 33.2 Å². The monoisotopic (exact) mass is 515 g/mol. The van der Waals surface area contributed by atoms with Gasteiger partial charge >= 0.3 is 0 Å². The predicted molar refractivity (Wildman–Crippen MR) is 147 cm³/mol. The molecule has 0 spiro atoms. The Morgan fingerprint density at radius 3 is 2.69 bits per heavy atom. The predicted octanol–water partition coefficient (Wildman–Crippen LogP) is 8.37. The third kappa shape index (κ3) is 7.15. The molecule has 35 heavy (non-hydrogen) atoms. The lowest BCUT2D eigenvalue weighted by Gasteiger charge is -2.30. The van der Waals surface area contributed by atoms with Crippen molar-refractivity contribution in [2.24, 2.45) is 16.1 Å². The Hall–Kier alpha value is -2.71. The van der Waals surface area contributed by atoms with Crippen LogP contribution in [0.4, 0.5) is 22.2 Å². The summed E-state index contributed by atoms with van der Waals surface area (Å²) in [5.41, 5.74) is 2.84. The summed E-state index contributed by atoms with van der Waals surface area (Å²) >= 11 is 7.49. The average molecular weight is 516 g/mol. The zero-order valence-electron chi connectivity index (χ0n) is 21.1. The topological polar surface area (TPSA) is 79.2 Å². The Kier molecular flexibility index (Phi) is 9.86. The Bertz CT molecular complexity index is 1180. The van der Waals surface area contributed by atoms with Gasteiger partial charge in [0, 0.05) is 31.1 Å². The van der Waals surface area contributed by atoms with Gasteiger partial charge in [-0.15, -0.1) is 10.2 Å². The molecule has 1 heterocycles.